The molecule has 0 aliphatic heterocycles. The Morgan fingerprint density at radius 3 is 2.64 bits per heavy atom. The van der Waals surface area contributed by atoms with Gasteiger partial charge in [-0.3, -0.25) is 11.3 Å². The molecule has 0 radical (unpaired) electrons. The SMILES string of the molecule is CCCCC(NN)C1CCC1. The standard InChI is InChI=1S/C9H20N2/c1-2-3-7-9(11-10)8-5-4-6-8/h8-9,11H,2-7,10H2,1H3. The lowest BCUT2D eigenvalue weighted by atomic mass is 9.78. The fourth-order valence-corrected chi connectivity index (χ4v) is 1.72. The van der Waals surface area contributed by atoms with Crippen molar-refractivity contribution in [2.24, 2.45) is 11.8 Å². The molecular weight excluding hydrogens is 136 g/mol. The molecule has 66 valence electrons. The van der Waals surface area contributed by atoms with Crippen molar-refractivity contribution in [2.75, 3.05) is 0 Å². The zero-order chi connectivity index (χ0) is 8.10. The van der Waals surface area contributed by atoms with E-state index in [1.165, 1.54) is 38.5 Å². The van der Waals surface area contributed by atoms with Crippen molar-refractivity contribution < 1.29 is 0 Å². The van der Waals surface area contributed by atoms with Gasteiger partial charge < -0.3 is 0 Å². The first-order chi connectivity index (χ1) is 5.38. The Labute approximate surface area is 69.5 Å². The number of hydrogen-bond acceptors (Lipinski definition) is 2. The average Bonchev–Trinajstić information content (AvgIpc) is 1.93. The summed E-state index contributed by atoms with van der Waals surface area (Å²) in [5.74, 6) is 6.35. The molecule has 0 saturated heterocycles. The molecule has 0 aromatic rings. The highest BCUT2D eigenvalue weighted by molar-refractivity contribution is 4.80. The number of rotatable bonds is 5. The van der Waals surface area contributed by atoms with E-state index in [0.29, 0.717) is 6.04 Å². The van der Waals surface area contributed by atoms with E-state index in [9.17, 15) is 0 Å². The third kappa shape index (κ3) is 2.46. The zero-order valence-electron chi connectivity index (χ0n) is 7.47. The van der Waals surface area contributed by atoms with Crippen LogP contribution >= 0.6 is 0 Å². The normalized spacial score (nSPS) is 21.3. The number of nitrogens with two attached hydrogens (primary N) is 1. The maximum absolute atomic E-state index is 5.47. The van der Waals surface area contributed by atoms with Gasteiger partial charge in [-0.25, -0.2) is 0 Å². The van der Waals surface area contributed by atoms with E-state index in [1.54, 1.807) is 0 Å². The van der Waals surface area contributed by atoms with E-state index in [2.05, 4.69) is 12.3 Å². The first-order valence-electron chi connectivity index (χ1n) is 4.84. The highest BCUT2D eigenvalue weighted by Gasteiger charge is 2.25. The molecule has 1 atom stereocenters. The van der Waals surface area contributed by atoms with Crippen molar-refractivity contribution in [3.63, 3.8) is 0 Å². The van der Waals surface area contributed by atoms with Crippen molar-refractivity contribution >= 4 is 0 Å². The van der Waals surface area contributed by atoms with Crippen molar-refractivity contribution in [1.29, 1.82) is 0 Å². The van der Waals surface area contributed by atoms with Gasteiger partial charge in [0.25, 0.3) is 0 Å². The van der Waals surface area contributed by atoms with Crippen molar-refractivity contribution in [3.8, 4) is 0 Å². The molecule has 0 bridgehead atoms. The third-order valence-electron chi connectivity index (χ3n) is 2.80. The predicted octanol–water partition coefficient (Wildman–Crippen LogP) is 1.81. The van der Waals surface area contributed by atoms with Gasteiger partial charge in [0.05, 0.1) is 0 Å². The average molecular weight is 156 g/mol. The van der Waals surface area contributed by atoms with Crippen LogP contribution in [0.5, 0.6) is 0 Å². The van der Waals surface area contributed by atoms with Crippen molar-refractivity contribution in [2.45, 2.75) is 51.5 Å². The molecule has 1 unspecified atom stereocenters. The fourth-order valence-electron chi connectivity index (χ4n) is 1.72. The van der Waals surface area contributed by atoms with E-state index in [0.717, 1.165) is 5.92 Å². The summed E-state index contributed by atoms with van der Waals surface area (Å²) in [5.41, 5.74) is 2.94. The Morgan fingerprint density at radius 1 is 1.55 bits per heavy atom. The molecule has 2 heteroatoms. The first-order valence-corrected chi connectivity index (χ1v) is 4.84. The maximum Gasteiger partial charge on any atom is 0.0238 e. The molecule has 1 fully saturated rings. The Balaban J connectivity index is 2.13. The topological polar surface area (TPSA) is 38.0 Å². The number of unbranched alkanes of at least 4 members (excludes halogenated alkanes) is 1. The predicted molar refractivity (Wildman–Crippen MR) is 48.0 cm³/mol. The van der Waals surface area contributed by atoms with Crippen LogP contribution in [0, 0.1) is 5.92 Å². The van der Waals surface area contributed by atoms with Gasteiger partial charge >= 0.3 is 0 Å². The summed E-state index contributed by atoms with van der Waals surface area (Å²) in [6.45, 7) is 2.23. The maximum atomic E-state index is 5.47. The number of hydrazine groups is 1. The van der Waals surface area contributed by atoms with Gasteiger partial charge in [0.15, 0.2) is 0 Å². The summed E-state index contributed by atoms with van der Waals surface area (Å²) in [6, 6.07) is 0.601. The minimum atomic E-state index is 0.601. The Morgan fingerprint density at radius 2 is 2.27 bits per heavy atom. The van der Waals surface area contributed by atoms with Gasteiger partial charge in [-0.05, 0) is 25.2 Å². The van der Waals surface area contributed by atoms with Crippen LogP contribution in [-0.4, -0.2) is 6.04 Å². The van der Waals surface area contributed by atoms with Gasteiger partial charge in [-0.2, -0.15) is 0 Å². The monoisotopic (exact) mass is 156 g/mol. The number of hydrogen-bond donors (Lipinski definition) is 2. The molecule has 0 aromatic carbocycles. The van der Waals surface area contributed by atoms with E-state index >= 15 is 0 Å². The van der Waals surface area contributed by atoms with Crippen molar-refractivity contribution in [1.82, 2.24) is 5.43 Å². The minimum Gasteiger partial charge on any atom is -0.271 e. The van der Waals surface area contributed by atoms with Crippen LogP contribution < -0.4 is 11.3 Å². The molecule has 1 rings (SSSR count). The van der Waals surface area contributed by atoms with Gasteiger partial charge in [0, 0.05) is 6.04 Å². The quantitative estimate of drug-likeness (QED) is 0.470. The van der Waals surface area contributed by atoms with E-state index in [1.807, 2.05) is 0 Å². The largest absolute Gasteiger partial charge is 0.271 e. The lowest BCUT2D eigenvalue weighted by molar-refractivity contribution is 0.218. The molecule has 1 aliphatic carbocycles. The van der Waals surface area contributed by atoms with E-state index < -0.39 is 0 Å². The second kappa shape index (κ2) is 4.73. The van der Waals surface area contributed by atoms with Gasteiger partial charge in [0.1, 0.15) is 0 Å². The lowest BCUT2D eigenvalue weighted by Crippen LogP contribution is -2.43. The summed E-state index contributed by atoms with van der Waals surface area (Å²) >= 11 is 0. The molecule has 3 N–H and O–H groups in total. The summed E-state index contributed by atoms with van der Waals surface area (Å²) in [7, 11) is 0. The molecule has 0 aromatic heterocycles. The zero-order valence-corrected chi connectivity index (χ0v) is 7.47. The third-order valence-corrected chi connectivity index (χ3v) is 2.80. The van der Waals surface area contributed by atoms with Crippen LogP contribution in [0.25, 0.3) is 0 Å². The van der Waals surface area contributed by atoms with E-state index in [-0.39, 0.29) is 0 Å². The minimum absolute atomic E-state index is 0.601. The Bertz CT molecular complexity index is 99.7. The summed E-state index contributed by atoms with van der Waals surface area (Å²) in [6.07, 6.45) is 8.04. The molecule has 0 amide bonds. The second-order valence-corrected chi connectivity index (χ2v) is 3.61. The lowest BCUT2D eigenvalue weighted by Gasteiger charge is -2.33. The van der Waals surface area contributed by atoms with Gasteiger partial charge in [0.2, 0.25) is 0 Å². The molecule has 1 saturated carbocycles. The molecule has 11 heavy (non-hydrogen) atoms. The summed E-state index contributed by atoms with van der Waals surface area (Å²) in [4.78, 5) is 0. The number of nitrogens with one attached hydrogen (secondary N) is 1. The smallest absolute Gasteiger partial charge is 0.0238 e. The van der Waals surface area contributed by atoms with Crippen LogP contribution in [0.3, 0.4) is 0 Å². The van der Waals surface area contributed by atoms with Crippen LogP contribution in [0.15, 0.2) is 0 Å². The van der Waals surface area contributed by atoms with Crippen molar-refractivity contribution in [3.05, 3.63) is 0 Å². The van der Waals surface area contributed by atoms with Crippen LogP contribution in [0.1, 0.15) is 45.4 Å². The summed E-state index contributed by atoms with van der Waals surface area (Å²) in [5, 5.41) is 0. The molecule has 0 heterocycles. The molecule has 0 spiro atoms. The highest BCUT2D eigenvalue weighted by atomic mass is 15.2. The van der Waals surface area contributed by atoms with E-state index in [4.69, 9.17) is 5.84 Å². The van der Waals surface area contributed by atoms with Crippen LogP contribution in [0.4, 0.5) is 0 Å². The Hall–Kier alpha value is -0.0800. The molecule has 1 aliphatic rings. The molecule has 2 nitrogen and oxygen atoms in total. The Kier molecular flexibility index (Phi) is 3.87. The first kappa shape index (κ1) is 9.01. The summed E-state index contributed by atoms with van der Waals surface area (Å²) < 4.78 is 0. The van der Waals surface area contributed by atoms with Crippen LogP contribution in [0.2, 0.25) is 0 Å². The molecular formula is C9H20N2. The van der Waals surface area contributed by atoms with Crippen LogP contribution in [-0.2, 0) is 0 Å². The fraction of sp³-hybridized carbons (Fsp3) is 1.00. The highest BCUT2D eigenvalue weighted by Crippen LogP contribution is 2.31. The van der Waals surface area contributed by atoms with Gasteiger partial charge in [-0.15, -0.1) is 0 Å². The van der Waals surface area contributed by atoms with Gasteiger partial charge in [-0.1, -0.05) is 26.2 Å². The second-order valence-electron chi connectivity index (χ2n) is 3.61.